The van der Waals surface area contributed by atoms with E-state index >= 15 is 0 Å². The fraction of sp³-hybridized carbons (Fsp3) is 0.267. The summed E-state index contributed by atoms with van der Waals surface area (Å²) in [5.74, 6) is 0. The highest BCUT2D eigenvalue weighted by Crippen LogP contribution is 2.17. The lowest BCUT2D eigenvalue weighted by molar-refractivity contribution is 0.719. The zero-order chi connectivity index (χ0) is 12.1. The van der Waals surface area contributed by atoms with E-state index in [4.69, 9.17) is 5.73 Å². The minimum atomic E-state index is 0.0592. The van der Waals surface area contributed by atoms with Gasteiger partial charge in [0, 0.05) is 18.4 Å². The molecular weight excluding hydrogens is 208 g/mol. The van der Waals surface area contributed by atoms with Crippen molar-refractivity contribution in [2.45, 2.75) is 25.8 Å². The lowest BCUT2D eigenvalue weighted by atomic mass is 9.98. The predicted octanol–water partition coefficient (Wildman–Crippen LogP) is 2.89. The number of nitrogens with two attached hydrogens (primary N) is 1. The van der Waals surface area contributed by atoms with Gasteiger partial charge in [0.25, 0.3) is 0 Å². The van der Waals surface area contributed by atoms with Gasteiger partial charge < -0.3 is 5.73 Å². The summed E-state index contributed by atoms with van der Waals surface area (Å²) in [7, 11) is 0. The molecule has 1 heterocycles. The van der Waals surface area contributed by atoms with Crippen LogP contribution in [0.1, 0.15) is 29.7 Å². The van der Waals surface area contributed by atoms with Crippen LogP contribution in [0.4, 0.5) is 0 Å². The number of pyridine rings is 1. The van der Waals surface area contributed by atoms with Gasteiger partial charge >= 0.3 is 0 Å². The van der Waals surface area contributed by atoms with E-state index in [2.05, 4.69) is 36.2 Å². The van der Waals surface area contributed by atoms with Crippen molar-refractivity contribution in [3.63, 3.8) is 0 Å². The van der Waals surface area contributed by atoms with Crippen molar-refractivity contribution >= 4 is 0 Å². The van der Waals surface area contributed by atoms with E-state index in [1.54, 1.807) is 0 Å². The molecule has 0 spiro atoms. The minimum absolute atomic E-state index is 0.0592. The van der Waals surface area contributed by atoms with Crippen molar-refractivity contribution in [3.8, 4) is 0 Å². The molecule has 0 radical (unpaired) electrons. The molecule has 2 nitrogen and oxygen atoms in total. The van der Waals surface area contributed by atoms with Crippen LogP contribution in [0.15, 0.2) is 48.8 Å². The van der Waals surface area contributed by atoms with Crippen LogP contribution in [-0.4, -0.2) is 4.98 Å². The first kappa shape index (κ1) is 11.8. The van der Waals surface area contributed by atoms with E-state index in [-0.39, 0.29) is 6.04 Å². The van der Waals surface area contributed by atoms with Crippen molar-refractivity contribution in [1.82, 2.24) is 4.98 Å². The van der Waals surface area contributed by atoms with Crippen LogP contribution in [-0.2, 0) is 12.8 Å². The molecule has 1 aromatic carbocycles. The molecule has 0 amide bonds. The molecule has 2 rings (SSSR count). The SMILES string of the molecule is CCc1cccc(C(N)Cc2ccncc2)c1. The van der Waals surface area contributed by atoms with Gasteiger partial charge in [-0.2, -0.15) is 0 Å². The summed E-state index contributed by atoms with van der Waals surface area (Å²) in [6.45, 7) is 2.16. The third kappa shape index (κ3) is 3.14. The van der Waals surface area contributed by atoms with E-state index in [1.807, 2.05) is 24.5 Å². The van der Waals surface area contributed by atoms with E-state index in [0.29, 0.717) is 0 Å². The Labute approximate surface area is 103 Å². The van der Waals surface area contributed by atoms with Gasteiger partial charge in [0.1, 0.15) is 0 Å². The topological polar surface area (TPSA) is 38.9 Å². The zero-order valence-electron chi connectivity index (χ0n) is 10.1. The molecule has 1 atom stereocenters. The minimum Gasteiger partial charge on any atom is -0.324 e. The lowest BCUT2D eigenvalue weighted by Crippen LogP contribution is -2.13. The Morgan fingerprint density at radius 3 is 2.59 bits per heavy atom. The van der Waals surface area contributed by atoms with Gasteiger partial charge in [-0.05, 0) is 41.7 Å². The molecule has 0 bridgehead atoms. The molecule has 2 heteroatoms. The molecule has 0 aliphatic heterocycles. The fourth-order valence-corrected chi connectivity index (χ4v) is 1.93. The Morgan fingerprint density at radius 2 is 1.88 bits per heavy atom. The number of benzene rings is 1. The number of rotatable bonds is 4. The van der Waals surface area contributed by atoms with Crippen molar-refractivity contribution in [3.05, 3.63) is 65.5 Å². The highest BCUT2D eigenvalue weighted by molar-refractivity contribution is 5.27. The molecule has 88 valence electrons. The first-order valence-corrected chi connectivity index (χ1v) is 6.03. The van der Waals surface area contributed by atoms with Crippen LogP contribution >= 0.6 is 0 Å². The van der Waals surface area contributed by atoms with Gasteiger partial charge in [0.05, 0.1) is 0 Å². The summed E-state index contributed by atoms with van der Waals surface area (Å²) >= 11 is 0. The summed E-state index contributed by atoms with van der Waals surface area (Å²) in [4.78, 5) is 4.01. The molecule has 1 unspecified atom stereocenters. The average molecular weight is 226 g/mol. The van der Waals surface area contributed by atoms with E-state index in [1.165, 1.54) is 16.7 Å². The molecule has 0 saturated heterocycles. The Kier molecular flexibility index (Phi) is 3.89. The Hall–Kier alpha value is -1.67. The second kappa shape index (κ2) is 5.60. The highest BCUT2D eigenvalue weighted by atomic mass is 14.6. The van der Waals surface area contributed by atoms with Crippen LogP contribution in [0.5, 0.6) is 0 Å². The molecule has 17 heavy (non-hydrogen) atoms. The summed E-state index contributed by atoms with van der Waals surface area (Å²) in [6.07, 6.45) is 5.53. The Balaban J connectivity index is 2.11. The molecule has 2 N–H and O–H groups in total. The number of aromatic nitrogens is 1. The van der Waals surface area contributed by atoms with E-state index < -0.39 is 0 Å². The maximum absolute atomic E-state index is 6.23. The monoisotopic (exact) mass is 226 g/mol. The van der Waals surface area contributed by atoms with Crippen molar-refractivity contribution in [2.75, 3.05) is 0 Å². The van der Waals surface area contributed by atoms with Gasteiger partial charge in [-0.1, -0.05) is 31.2 Å². The maximum Gasteiger partial charge on any atom is 0.0335 e. The molecule has 0 aliphatic carbocycles. The van der Waals surface area contributed by atoms with Crippen LogP contribution in [0.25, 0.3) is 0 Å². The smallest absolute Gasteiger partial charge is 0.0335 e. The lowest BCUT2D eigenvalue weighted by Gasteiger charge is -2.13. The Morgan fingerprint density at radius 1 is 1.12 bits per heavy atom. The van der Waals surface area contributed by atoms with Crippen LogP contribution < -0.4 is 5.73 Å². The molecule has 0 saturated carbocycles. The molecule has 0 fully saturated rings. The van der Waals surface area contributed by atoms with E-state index in [9.17, 15) is 0 Å². The molecule has 0 aliphatic rings. The van der Waals surface area contributed by atoms with Crippen LogP contribution in [0.3, 0.4) is 0 Å². The van der Waals surface area contributed by atoms with Crippen molar-refractivity contribution in [2.24, 2.45) is 5.73 Å². The number of hydrogen-bond donors (Lipinski definition) is 1. The normalized spacial score (nSPS) is 12.4. The van der Waals surface area contributed by atoms with Crippen molar-refractivity contribution < 1.29 is 0 Å². The second-order valence-electron chi connectivity index (χ2n) is 4.26. The molecular formula is C15H18N2. The molecule has 2 aromatic rings. The third-order valence-corrected chi connectivity index (χ3v) is 2.99. The quantitative estimate of drug-likeness (QED) is 0.870. The van der Waals surface area contributed by atoms with Gasteiger partial charge in [-0.25, -0.2) is 0 Å². The summed E-state index contributed by atoms with van der Waals surface area (Å²) in [5, 5.41) is 0. The number of nitrogens with zero attached hydrogens (tertiary/aromatic N) is 1. The summed E-state index contributed by atoms with van der Waals surface area (Å²) < 4.78 is 0. The summed E-state index contributed by atoms with van der Waals surface area (Å²) in [5.41, 5.74) is 10.0. The largest absolute Gasteiger partial charge is 0.324 e. The number of aryl methyl sites for hydroxylation is 1. The second-order valence-corrected chi connectivity index (χ2v) is 4.26. The molecule has 1 aromatic heterocycles. The first-order chi connectivity index (χ1) is 8.29. The maximum atomic E-state index is 6.23. The van der Waals surface area contributed by atoms with Crippen LogP contribution in [0, 0.1) is 0 Å². The average Bonchev–Trinajstić information content (AvgIpc) is 2.40. The standard InChI is InChI=1S/C15H18N2/c1-2-12-4-3-5-14(10-12)15(16)11-13-6-8-17-9-7-13/h3-10,15H,2,11,16H2,1H3. The van der Waals surface area contributed by atoms with E-state index in [0.717, 1.165) is 12.8 Å². The highest BCUT2D eigenvalue weighted by Gasteiger charge is 2.07. The zero-order valence-corrected chi connectivity index (χ0v) is 10.1. The van der Waals surface area contributed by atoms with Gasteiger partial charge in [-0.15, -0.1) is 0 Å². The third-order valence-electron chi connectivity index (χ3n) is 2.99. The Bertz CT molecular complexity index is 465. The number of hydrogen-bond acceptors (Lipinski definition) is 2. The van der Waals surface area contributed by atoms with Crippen molar-refractivity contribution in [1.29, 1.82) is 0 Å². The predicted molar refractivity (Wildman–Crippen MR) is 70.7 cm³/mol. The fourth-order valence-electron chi connectivity index (χ4n) is 1.93. The van der Waals surface area contributed by atoms with Gasteiger partial charge in [0.15, 0.2) is 0 Å². The van der Waals surface area contributed by atoms with Crippen LogP contribution in [0.2, 0.25) is 0 Å². The van der Waals surface area contributed by atoms with Gasteiger partial charge in [0.2, 0.25) is 0 Å². The van der Waals surface area contributed by atoms with Gasteiger partial charge in [-0.3, -0.25) is 4.98 Å². The first-order valence-electron chi connectivity index (χ1n) is 6.03. The summed E-state index contributed by atoms with van der Waals surface area (Å²) in [6, 6.07) is 12.6.